The lowest BCUT2D eigenvalue weighted by molar-refractivity contribution is -0.141. The molecule has 33 heavy (non-hydrogen) atoms. The predicted molar refractivity (Wildman–Crippen MR) is 125 cm³/mol. The Bertz CT molecular complexity index is 860. The van der Waals surface area contributed by atoms with E-state index in [0.717, 1.165) is 17.5 Å². The number of nitrogens with zero attached hydrogens (tertiary/aromatic N) is 1. The molecule has 0 saturated heterocycles. The zero-order valence-corrected chi connectivity index (χ0v) is 20.4. The van der Waals surface area contributed by atoms with Gasteiger partial charge in [0.15, 0.2) is 5.78 Å². The van der Waals surface area contributed by atoms with Crippen molar-refractivity contribution < 1.29 is 23.9 Å². The summed E-state index contributed by atoms with van der Waals surface area (Å²) in [6.45, 7) is 10.1. The molecule has 2 amide bonds. The summed E-state index contributed by atoms with van der Waals surface area (Å²) in [5.41, 5.74) is 1.86. The van der Waals surface area contributed by atoms with Gasteiger partial charge in [0.05, 0.1) is 12.6 Å². The molecule has 0 saturated carbocycles. The van der Waals surface area contributed by atoms with Crippen molar-refractivity contribution in [3.63, 3.8) is 0 Å². The molecule has 1 aromatic rings. The third-order valence-electron chi connectivity index (χ3n) is 5.53. The van der Waals surface area contributed by atoms with Gasteiger partial charge in [-0.05, 0) is 48.1 Å². The quantitative estimate of drug-likeness (QED) is 0.632. The van der Waals surface area contributed by atoms with E-state index in [9.17, 15) is 19.2 Å². The normalized spacial score (nSPS) is 18.5. The minimum atomic E-state index is -0.806. The first-order chi connectivity index (χ1) is 15.5. The van der Waals surface area contributed by atoms with Gasteiger partial charge in [0.1, 0.15) is 0 Å². The van der Waals surface area contributed by atoms with Crippen molar-refractivity contribution in [3.8, 4) is 0 Å². The van der Waals surface area contributed by atoms with E-state index in [4.69, 9.17) is 4.74 Å². The molecule has 0 spiro atoms. The number of nitrogens with one attached hydrogen (secondary N) is 2. The molecular formula is C25H37N3O5. The van der Waals surface area contributed by atoms with Gasteiger partial charge in [-0.2, -0.15) is 0 Å². The third kappa shape index (κ3) is 8.94. The number of Topliss-reactive ketones (excluding diaryl/α,β-unsaturated/α-hetero) is 2. The van der Waals surface area contributed by atoms with Gasteiger partial charge in [-0.1, -0.05) is 40.7 Å². The minimum Gasteiger partial charge on any atom is -0.449 e. The molecule has 1 aliphatic heterocycles. The summed E-state index contributed by atoms with van der Waals surface area (Å²) >= 11 is 0. The zero-order valence-electron chi connectivity index (χ0n) is 20.4. The van der Waals surface area contributed by atoms with Crippen LogP contribution in [0.2, 0.25) is 0 Å². The van der Waals surface area contributed by atoms with Crippen LogP contribution in [-0.4, -0.2) is 47.7 Å². The van der Waals surface area contributed by atoms with Gasteiger partial charge >= 0.3 is 6.09 Å². The number of amides is 2. The van der Waals surface area contributed by atoms with Gasteiger partial charge in [0, 0.05) is 31.3 Å². The number of pyridine rings is 1. The fourth-order valence-electron chi connectivity index (χ4n) is 3.69. The van der Waals surface area contributed by atoms with E-state index in [1.165, 1.54) is 0 Å². The fourth-order valence-corrected chi connectivity index (χ4v) is 3.69. The molecule has 1 aromatic heterocycles. The highest BCUT2D eigenvalue weighted by Crippen LogP contribution is 2.20. The molecule has 2 unspecified atom stereocenters. The molecule has 2 rings (SSSR count). The van der Waals surface area contributed by atoms with Crippen LogP contribution in [0.25, 0.3) is 0 Å². The molecule has 0 aliphatic carbocycles. The molecule has 2 heterocycles. The Morgan fingerprint density at radius 1 is 1.18 bits per heavy atom. The number of ether oxygens (including phenoxy) is 1. The maximum atomic E-state index is 13.1. The second-order valence-corrected chi connectivity index (χ2v) is 10.3. The fraction of sp³-hybridized carbons (Fsp3) is 0.640. The van der Waals surface area contributed by atoms with Gasteiger partial charge < -0.3 is 15.4 Å². The van der Waals surface area contributed by atoms with Gasteiger partial charge in [-0.15, -0.1) is 0 Å². The number of fused-ring (bicyclic) bond motifs is 2. The summed E-state index contributed by atoms with van der Waals surface area (Å²) in [4.78, 5) is 54.9. The predicted octanol–water partition coefficient (Wildman–Crippen LogP) is 3.02. The molecular weight excluding hydrogens is 422 g/mol. The topological polar surface area (TPSA) is 114 Å². The van der Waals surface area contributed by atoms with Crippen LogP contribution in [0.4, 0.5) is 4.79 Å². The van der Waals surface area contributed by atoms with Crippen molar-refractivity contribution in [2.75, 3.05) is 13.2 Å². The van der Waals surface area contributed by atoms with Crippen LogP contribution < -0.4 is 10.6 Å². The molecule has 1 aliphatic rings. The van der Waals surface area contributed by atoms with E-state index in [2.05, 4.69) is 21.7 Å². The first-order valence-corrected chi connectivity index (χ1v) is 11.7. The summed E-state index contributed by atoms with van der Waals surface area (Å²) in [6.07, 6.45) is 5.12. The number of alkyl carbamates (subject to hydrolysis) is 1. The largest absolute Gasteiger partial charge is 0.449 e. The Hall–Kier alpha value is -2.77. The summed E-state index contributed by atoms with van der Waals surface area (Å²) in [5, 5.41) is 5.31. The van der Waals surface area contributed by atoms with Crippen molar-refractivity contribution >= 4 is 23.6 Å². The second kappa shape index (κ2) is 11.9. The third-order valence-corrected chi connectivity index (χ3v) is 5.53. The van der Waals surface area contributed by atoms with Crippen LogP contribution in [0.3, 0.4) is 0 Å². The van der Waals surface area contributed by atoms with E-state index < -0.39 is 29.7 Å². The van der Waals surface area contributed by atoms with E-state index in [-0.39, 0.29) is 30.1 Å². The van der Waals surface area contributed by atoms with Crippen LogP contribution >= 0.6 is 0 Å². The van der Waals surface area contributed by atoms with Crippen molar-refractivity contribution in [1.82, 2.24) is 15.6 Å². The molecule has 8 nitrogen and oxygen atoms in total. The average Bonchev–Trinajstić information content (AvgIpc) is 2.74. The summed E-state index contributed by atoms with van der Waals surface area (Å²) < 4.78 is 5.24. The highest BCUT2D eigenvalue weighted by Gasteiger charge is 2.32. The zero-order chi connectivity index (χ0) is 24.6. The molecule has 2 atom stereocenters. The Labute approximate surface area is 196 Å². The number of aryl methyl sites for hydroxylation is 2. The highest BCUT2D eigenvalue weighted by molar-refractivity contribution is 6.37. The van der Waals surface area contributed by atoms with E-state index in [1.807, 2.05) is 34.6 Å². The van der Waals surface area contributed by atoms with Crippen molar-refractivity contribution in [3.05, 3.63) is 29.6 Å². The van der Waals surface area contributed by atoms with Crippen LogP contribution in [0.1, 0.15) is 65.0 Å². The number of rotatable bonds is 6. The first kappa shape index (κ1) is 26.5. The molecule has 0 aromatic carbocycles. The number of carbonyl (C=O) groups is 4. The van der Waals surface area contributed by atoms with Gasteiger partial charge in [-0.3, -0.25) is 19.4 Å². The van der Waals surface area contributed by atoms with Crippen LogP contribution in [0.5, 0.6) is 0 Å². The Morgan fingerprint density at radius 3 is 2.48 bits per heavy atom. The smallest absolute Gasteiger partial charge is 0.407 e. The van der Waals surface area contributed by atoms with Crippen LogP contribution in [0, 0.1) is 17.3 Å². The van der Waals surface area contributed by atoms with Gasteiger partial charge in [0.2, 0.25) is 5.78 Å². The standard InChI is InChI=1S/C25H37N3O5/c1-16(2)21(28-24(32)33-15-25(3,4)5)20(29)12-19-9-8-18-11-17(13-26-14-18)7-6-10-27-23(31)22(19)30/h11,13-14,16,19,21H,6-10,12,15H2,1-5H3,(H,27,31)(H,28,32). The van der Waals surface area contributed by atoms with Crippen molar-refractivity contribution in [2.45, 2.75) is 72.8 Å². The van der Waals surface area contributed by atoms with Gasteiger partial charge in [0.25, 0.3) is 5.91 Å². The van der Waals surface area contributed by atoms with Crippen molar-refractivity contribution in [1.29, 1.82) is 0 Å². The Kier molecular flexibility index (Phi) is 9.56. The number of ketones is 2. The van der Waals surface area contributed by atoms with Crippen LogP contribution in [0.15, 0.2) is 18.5 Å². The molecule has 0 radical (unpaired) electrons. The first-order valence-electron chi connectivity index (χ1n) is 11.7. The molecule has 182 valence electrons. The number of hydrogen-bond acceptors (Lipinski definition) is 6. The van der Waals surface area contributed by atoms with E-state index >= 15 is 0 Å². The molecule has 0 fully saturated rings. The summed E-state index contributed by atoms with van der Waals surface area (Å²) in [6, 6.07) is 1.25. The second-order valence-electron chi connectivity index (χ2n) is 10.3. The average molecular weight is 460 g/mol. The number of carbonyl (C=O) groups excluding carboxylic acids is 4. The van der Waals surface area contributed by atoms with E-state index in [1.54, 1.807) is 12.4 Å². The monoisotopic (exact) mass is 459 g/mol. The highest BCUT2D eigenvalue weighted by atomic mass is 16.5. The molecule has 2 N–H and O–H groups in total. The molecule has 2 bridgehead atoms. The lowest BCUT2D eigenvalue weighted by atomic mass is 9.86. The molecule has 8 heteroatoms. The lowest BCUT2D eigenvalue weighted by Crippen LogP contribution is -2.46. The SMILES string of the molecule is CC(C)C(NC(=O)OCC(C)(C)C)C(=O)CC1CCc2cncc(c2)CCCNC(=O)C1=O. The Balaban J connectivity index is 2.12. The van der Waals surface area contributed by atoms with E-state index in [0.29, 0.717) is 25.8 Å². The van der Waals surface area contributed by atoms with Crippen molar-refractivity contribution in [2.24, 2.45) is 17.3 Å². The number of aromatic nitrogens is 1. The van der Waals surface area contributed by atoms with Crippen LogP contribution in [-0.2, 0) is 32.0 Å². The maximum Gasteiger partial charge on any atom is 0.407 e. The lowest BCUT2D eigenvalue weighted by Gasteiger charge is -2.24. The summed E-state index contributed by atoms with van der Waals surface area (Å²) in [7, 11) is 0. The maximum absolute atomic E-state index is 13.1. The summed E-state index contributed by atoms with van der Waals surface area (Å²) in [5.74, 6) is -2.51. The number of hydrogen-bond donors (Lipinski definition) is 2. The Morgan fingerprint density at radius 2 is 1.85 bits per heavy atom. The minimum absolute atomic E-state index is 0.123. The van der Waals surface area contributed by atoms with Gasteiger partial charge in [-0.25, -0.2) is 4.79 Å².